The highest BCUT2D eigenvalue weighted by molar-refractivity contribution is 7.87. The van der Waals surface area contributed by atoms with E-state index in [9.17, 15) is 18.5 Å². The number of rotatable bonds is 7. The second kappa shape index (κ2) is 10.3. The molecule has 7 nitrogen and oxygen atoms in total. The summed E-state index contributed by atoms with van der Waals surface area (Å²) >= 11 is 0. The summed E-state index contributed by atoms with van der Waals surface area (Å²) in [4.78, 5) is 12.5. The smallest absolute Gasteiger partial charge is 0.339 e. The SMILES string of the molecule is COc1cc(/C=C(\C#N)C(=O)NC2CCCCC2)ccc1OS(=O)(=O)c1ccc(C)cc1. The Hall–Kier alpha value is -3.31. The van der Waals surface area contributed by atoms with Gasteiger partial charge in [-0.1, -0.05) is 43.0 Å². The van der Waals surface area contributed by atoms with Crippen molar-refractivity contribution in [3.63, 3.8) is 0 Å². The molecule has 0 unspecified atom stereocenters. The van der Waals surface area contributed by atoms with Crippen molar-refractivity contribution in [1.82, 2.24) is 5.32 Å². The van der Waals surface area contributed by atoms with Crippen molar-refractivity contribution < 1.29 is 22.1 Å². The summed E-state index contributed by atoms with van der Waals surface area (Å²) in [5.74, 6) is -0.240. The second-order valence-corrected chi connectivity index (χ2v) is 9.29. The van der Waals surface area contributed by atoms with Crippen LogP contribution in [0, 0.1) is 18.3 Å². The highest BCUT2D eigenvalue weighted by Crippen LogP contribution is 2.31. The first kappa shape index (κ1) is 23.4. The monoisotopic (exact) mass is 454 g/mol. The molecule has 32 heavy (non-hydrogen) atoms. The van der Waals surface area contributed by atoms with Gasteiger partial charge in [0.05, 0.1) is 7.11 Å². The Morgan fingerprint density at radius 2 is 1.78 bits per heavy atom. The molecule has 1 aliphatic carbocycles. The first-order valence-electron chi connectivity index (χ1n) is 10.4. The van der Waals surface area contributed by atoms with Crippen molar-refractivity contribution in [3.05, 3.63) is 59.2 Å². The van der Waals surface area contributed by atoms with E-state index in [1.54, 1.807) is 18.2 Å². The third kappa shape index (κ3) is 5.89. The van der Waals surface area contributed by atoms with Crippen LogP contribution in [0.25, 0.3) is 6.08 Å². The molecule has 0 heterocycles. The van der Waals surface area contributed by atoms with E-state index in [1.807, 2.05) is 13.0 Å². The Labute approximate surface area is 188 Å². The third-order valence-electron chi connectivity index (χ3n) is 5.31. The fourth-order valence-corrected chi connectivity index (χ4v) is 4.48. The molecule has 0 spiro atoms. The van der Waals surface area contributed by atoms with Crippen LogP contribution in [-0.4, -0.2) is 27.5 Å². The minimum Gasteiger partial charge on any atom is -0.493 e. The molecule has 3 rings (SSSR count). The van der Waals surface area contributed by atoms with Crippen molar-refractivity contribution in [2.45, 2.75) is 50.0 Å². The van der Waals surface area contributed by atoms with Gasteiger partial charge >= 0.3 is 10.1 Å². The van der Waals surface area contributed by atoms with Gasteiger partial charge in [-0.3, -0.25) is 4.79 Å². The number of hydrogen-bond donors (Lipinski definition) is 1. The van der Waals surface area contributed by atoms with Gasteiger partial charge in [0.2, 0.25) is 0 Å². The topological polar surface area (TPSA) is 105 Å². The number of amides is 1. The molecule has 0 aliphatic heterocycles. The molecule has 1 fully saturated rings. The zero-order valence-electron chi connectivity index (χ0n) is 18.1. The molecule has 0 radical (unpaired) electrons. The molecule has 168 valence electrons. The molecule has 8 heteroatoms. The Morgan fingerprint density at radius 1 is 1.09 bits per heavy atom. The predicted molar refractivity (Wildman–Crippen MR) is 121 cm³/mol. The number of nitrogens with zero attached hydrogens (tertiary/aromatic N) is 1. The van der Waals surface area contributed by atoms with E-state index >= 15 is 0 Å². The van der Waals surface area contributed by atoms with Crippen LogP contribution in [-0.2, 0) is 14.9 Å². The van der Waals surface area contributed by atoms with Gasteiger partial charge in [-0.05, 0) is 55.7 Å². The van der Waals surface area contributed by atoms with Crippen molar-refractivity contribution in [2.75, 3.05) is 7.11 Å². The maximum Gasteiger partial charge on any atom is 0.339 e. The highest BCUT2D eigenvalue weighted by atomic mass is 32.2. The molecule has 2 aromatic rings. The Kier molecular flexibility index (Phi) is 7.54. The first-order valence-corrected chi connectivity index (χ1v) is 11.8. The molecule has 0 bridgehead atoms. The average molecular weight is 455 g/mol. The summed E-state index contributed by atoms with van der Waals surface area (Å²) in [6, 6.07) is 12.9. The third-order valence-corrected chi connectivity index (χ3v) is 6.56. The second-order valence-electron chi connectivity index (χ2n) is 7.74. The normalized spacial score (nSPS) is 15.0. The zero-order valence-corrected chi connectivity index (χ0v) is 18.9. The summed E-state index contributed by atoms with van der Waals surface area (Å²) in [6.45, 7) is 1.86. The van der Waals surface area contributed by atoms with Gasteiger partial charge in [-0.25, -0.2) is 0 Å². The Bertz CT molecular complexity index is 1140. The lowest BCUT2D eigenvalue weighted by Crippen LogP contribution is -2.36. The number of hydrogen-bond acceptors (Lipinski definition) is 6. The van der Waals surface area contributed by atoms with E-state index < -0.39 is 16.0 Å². The van der Waals surface area contributed by atoms with Crippen molar-refractivity contribution in [2.24, 2.45) is 0 Å². The van der Waals surface area contributed by atoms with Gasteiger partial charge in [-0.15, -0.1) is 0 Å². The van der Waals surface area contributed by atoms with Crippen LogP contribution >= 0.6 is 0 Å². The molecule has 0 saturated heterocycles. The summed E-state index contributed by atoms with van der Waals surface area (Å²) in [5, 5.41) is 12.4. The molecule has 1 amide bonds. The molecular formula is C24H26N2O5S. The minimum atomic E-state index is -4.04. The van der Waals surface area contributed by atoms with Crippen molar-refractivity contribution >= 4 is 22.1 Å². The maximum atomic E-state index is 12.6. The van der Waals surface area contributed by atoms with E-state index in [0.717, 1.165) is 31.2 Å². The van der Waals surface area contributed by atoms with Crippen LogP contribution in [0.5, 0.6) is 11.5 Å². The quantitative estimate of drug-likeness (QED) is 0.383. The van der Waals surface area contributed by atoms with E-state index in [0.29, 0.717) is 5.56 Å². The van der Waals surface area contributed by atoms with Gasteiger partial charge in [0.15, 0.2) is 11.5 Å². The van der Waals surface area contributed by atoms with Gasteiger partial charge in [0, 0.05) is 6.04 Å². The number of ether oxygens (including phenoxy) is 1. The number of carbonyl (C=O) groups is 1. The molecule has 2 aromatic carbocycles. The lowest BCUT2D eigenvalue weighted by atomic mass is 9.95. The number of nitrogens with one attached hydrogen (secondary N) is 1. The lowest BCUT2D eigenvalue weighted by molar-refractivity contribution is -0.117. The molecule has 1 saturated carbocycles. The Morgan fingerprint density at radius 3 is 2.41 bits per heavy atom. The molecular weight excluding hydrogens is 428 g/mol. The maximum absolute atomic E-state index is 12.6. The molecule has 0 atom stereocenters. The van der Waals surface area contributed by atoms with Gasteiger partial charge < -0.3 is 14.2 Å². The number of carbonyl (C=O) groups excluding carboxylic acids is 1. The van der Waals surface area contributed by atoms with Crippen LogP contribution in [0.4, 0.5) is 0 Å². The van der Waals surface area contributed by atoms with Gasteiger partial charge in [0.25, 0.3) is 5.91 Å². The number of benzene rings is 2. The molecule has 0 aromatic heterocycles. The highest BCUT2D eigenvalue weighted by Gasteiger charge is 2.20. The number of aryl methyl sites for hydroxylation is 1. The van der Waals surface area contributed by atoms with Crippen LogP contribution in [0.1, 0.15) is 43.2 Å². The first-order chi connectivity index (χ1) is 15.3. The van der Waals surface area contributed by atoms with Crippen LogP contribution in [0.3, 0.4) is 0 Å². The van der Waals surface area contributed by atoms with Crippen LogP contribution in [0.15, 0.2) is 52.9 Å². The van der Waals surface area contributed by atoms with Crippen LogP contribution in [0.2, 0.25) is 0 Å². The van der Waals surface area contributed by atoms with E-state index in [1.165, 1.54) is 43.9 Å². The fourth-order valence-electron chi connectivity index (χ4n) is 3.54. The largest absolute Gasteiger partial charge is 0.493 e. The van der Waals surface area contributed by atoms with E-state index in [4.69, 9.17) is 8.92 Å². The standard InChI is InChI=1S/C24H26N2O5S/c1-17-8-11-21(12-9-17)32(28,29)31-22-13-10-18(15-23(22)30-2)14-19(16-25)24(27)26-20-6-4-3-5-7-20/h8-15,20H,3-7H2,1-2H3,(H,26,27)/b19-14+. The lowest BCUT2D eigenvalue weighted by Gasteiger charge is -2.22. The van der Waals surface area contributed by atoms with E-state index in [-0.39, 0.29) is 28.0 Å². The summed E-state index contributed by atoms with van der Waals surface area (Å²) in [5.41, 5.74) is 1.41. The summed E-state index contributed by atoms with van der Waals surface area (Å²) in [6.07, 6.45) is 6.58. The van der Waals surface area contributed by atoms with Gasteiger partial charge in [0.1, 0.15) is 16.5 Å². The number of nitriles is 1. The molecule has 1 aliphatic rings. The van der Waals surface area contributed by atoms with Crippen LogP contribution < -0.4 is 14.2 Å². The van der Waals surface area contributed by atoms with Crippen molar-refractivity contribution in [1.29, 1.82) is 5.26 Å². The molecule has 1 N–H and O–H groups in total. The van der Waals surface area contributed by atoms with Crippen molar-refractivity contribution in [3.8, 4) is 17.6 Å². The Balaban J connectivity index is 1.79. The average Bonchev–Trinajstić information content (AvgIpc) is 2.79. The number of methoxy groups -OCH3 is 1. The minimum absolute atomic E-state index is 0.00962. The zero-order chi connectivity index (χ0) is 23.1. The van der Waals surface area contributed by atoms with E-state index in [2.05, 4.69) is 5.32 Å². The van der Waals surface area contributed by atoms with Gasteiger partial charge in [-0.2, -0.15) is 13.7 Å². The predicted octanol–water partition coefficient (Wildman–Crippen LogP) is 4.13. The summed E-state index contributed by atoms with van der Waals surface area (Å²) in [7, 11) is -2.66. The fraction of sp³-hybridized carbons (Fsp3) is 0.333. The summed E-state index contributed by atoms with van der Waals surface area (Å²) < 4.78 is 35.7.